The molecule has 8 N–H and O–H groups in total. The number of hydrogen-bond acceptors (Lipinski definition) is 8. The molecule has 0 fully saturated rings. The van der Waals surface area contributed by atoms with Gasteiger partial charge >= 0.3 is 11.9 Å². The van der Waals surface area contributed by atoms with Crippen molar-refractivity contribution in [1.82, 2.24) is 16.0 Å². The van der Waals surface area contributed by atoms with Crippen LogP contribution >= 0.6 is 11.8 Å². The molecule has 0 aromatic rings. The van der Waals surface area contributed by atoms with E-state index in [1.807, 2.05) is 0 Å². The molecule has 12 nitrogen and oxygen atoms in total. The predicted molar refractivity (Wildman–Crippen MR) is 118 cm³/mol. The van der Waals surface area contributed by atoms with Crippen LogP contribution in [0.2, 0.25) is 0 Å². The number of nitrogens with one attached hydrogen (secondary N) is 3. The number of hydrogen-bond donors (Lipinski definition) is 7. The van der Waals surface area contributed by atoms with Gasteiger partial charge in [-0.25, -0.2) is 4.79 Å². The first kappa shape index (κ1) is 29.6. The Kier molecular flexibility index (Phi) is 13.5. The van der Waals surface area contributed by atoms with E-state index in [0.717, 1.165) is 0 Å². The molecule has 0 aromatic carbocycles. The van der Waals surface area contributed by atoms with Crippen molar-refractivity contribution in [2.75, 3.05) is 12.0 Å². The van der Waals surface area contributed by atoms with E-state index in [1.165, 1.54) is 18.7 Å². The van der Waals surface area contributed by atoms with Crippen molar-refractivity contribution >= 4 is 41.4 Å². The zero-order valence-corrected chi connectivity index (χ0v) is 19.5. The second-order valence-electron chi connectivity index (χ2n) is 7.48. The van der Waals surface area contributed by atoms with Gasteiger partial charge in [0.2, 0.25) is 17.7 Å². The van der Waals surface area contributed by atoms with Crippen LogP contribution in [0.4, 0.5) is 0 Å². The summed E-state index contributed by atoms with van der Waals surface area (Å²) in [6, 6.07) is -5.27. The van der Waals surface area contributed by atoms with Crippen LogP contribution in [0.15, 0.2) is 0 Å². The number of amides is 3. The number of rotatable bonds is 15. The number of aliphatic hydroxyl groups is 1. The van der Waals surface area contributed by atoms with Gasteiger partial charge in [-0.3, -0.25) is 19.2 Å². The number of carboxylic acids is 2. The first-order valence-corrected chi connectivity index (χ1v) is 11.5. The maximum Gasteiger partial charge on any atom is 0.326 e. The van der Waals surface area contributed by atoms with Crippen molar-refractivity contribution in [1.29, 1.82) is 0 Å². The standard InChI is InChI=1S/C19H34N4O8S/c1-5-9(2)15(18(29)21-11(19(30)31)6-7-32-4)23-16(27)12(8-13(25)26)22-17(28)14(20)10(3)24/h9-12,14-15,24H,5-8,20H2,1-4H3,(H,21,29)(H,22,28)(H,23,27)(H,25,26)(H,30,31). The first-order chi connectivity index (χ1) is 14.8. The minimum absolute atomic E-state index is 0.179. The fraction of sp³-hybridized carbons (Fsp3) is 0.737. The van der Waals surface area contributed by atoms with Gasteiger partial charge < -0.3 is 37.0 Å². The van der Waals surface area contributed by atoms with Gasteiger partial charge in [0.05, 0.1) is 12.5 Å². The molecule has 6 unspecified atom stereocenters. The molecular weight excluding hydrogens is 444 g/mol. The molecule has 0 rings (SSSR count). The Morgan fingerprint density at radius 2 is 1.50 bits per heavy atom. The summed E-state index contributed by atoms with van der Waals surface area (Å²) in [7, 11) is 0. The van der Waals surface area contributed by atoms with E-state index < -0.39 is 72.3 Å². The fourth-order valence-corrected chi connectivity index (χ4v) is 3.05. The quantitative estimate of drug-likeness (QED) is 0.145. The molecule has 0 aromatic heterocycles. The molecule has 0 saturated heterocycles. The lowest BCUT2D eigenvalue weighted by molar-refractivity contribution is -0.143. The summed E-state index contributed by atoms with van der Waals surface area (Å²) in [5, 5.41) is 34.9. The minimum Gasteiger partial charge on any atom is -0.481 e. The van der Waals surface area contributed by atoms with Crippen LogP contribution in [-0.2, 0) is 24.0 Å². The number of carbonyl (C=O) groups is 5. The monoisotopic (exact) mass is 478 g/mol. The molecule has 184 valence electrons. The van der Waals surface area contributed by atoms with Crippen molar-refractivity contribution in [2.45, 2.75) is 70.3 Å². The molecule has 0 aliphatic carbocycles. The number of thioether (sulfide) groups is 1. The minimum atomic E-state index is -1.56. The lowest BCUT2D eigenvalue weighted by Gasteiger charge is -2.28. The van der Waals surface area contributed by atoms with E-state index in [9.17, 15) is 34.2 Å². The average Bonchev–Trinajstić information content (AvgIpc) is 2.71. The molecular formula is C19H34N4O8S. The van der Waals surface area contributed by atoms with Crippen LogP contribution in [-0.4, -0.2) is 87.3 Å². The van der Waals surface area contributed by atoms with Gasteiger partial charge in [0.1, 0.15) is 24.2 Å². The second kappa shape index (κ2) is 14.6. The molecule has 32 heavy (non-hydrogen) atoms. The van der Waals surface area contributed by atoms with Crippen molar-refractivity contribution in [2.24, 2.45) is 11.7 Å². The van der Waals surface area contributed by atoms with Crippen LogP contribution < -0.4 is 21.7 Å². The molecule has 0 saturated carbocycles. The van der Waals surface area contributed by atoms with Gasteiger partial charge in [-0.15, -0.1) is 0 Å². The van der Waals surface area contributed by atoms with Gasteiger partial charge in [-0.2, -0.15) is 11.8 Å². The van der Waals surface area contributed by atoms with Gasteiger partial charge in [-0.05, 0) is 31.3 Å². The van der Waals surface area contributed by atoms with Crippen LogP contribution in [0.5, 0.6) is 0 Å². The van der Waals surface area contributed by atoms with Gasteiger partial charge in [0.15, 0.2) is 0 Å². The Bertz CT molecular complexity index is 676. The predicted octanol–water partition coefficient (Wildman–Crippen LogP) is -1.49. The normalized spacial score (nSPS) is 16.6. The number of nitrogens with two attached hydrogens (primary N) is 1. The number of carbonyl (C=O) groups excluding carboxylic acids is 3. The zero-order valence-electron chi connectivity index (χ0n) is 18.7. The first-order valence-electron chi connectivity index (χ1n) is 10.1. The number of aliphatic hydroxyl groups excluding tert-OH is 1. The van der Waals surface area contributed by atoms with Crippen molar-refractivity contribution in [3.8, 4) is 0 Å². The summed E-state index contributed by atoms with van der Waals surface area (Å²) in [5.74, 6) is -5.15. The van der Waals surface area contributed by atoms with Crippen LogP contribution in [0.1, 0.15) is 40.0 Å². The highest BCUT2D eigenvalue weighted by Gasteiger charge is 2.33. The Morgan fingerprint density at radius 1 is 0.938 bits per heavy atom. The van der Waals surface area contributed by atoms with E-state index >= 15 is 0 Å². The highest BCUT2D eigenvalue weighted by Crippen LogP contribution is 2.11. The lowest BCUT2D eigenvalue weighted by Crippen LogP contribution is -2.59. The summed E-state index contributed by atoms with van der Waals surface area (Å²) >= 11 is 1.42. The SMILES string of the molecule is CCC(C)C(NC(=O)C(CC(=O)O)NC(=O)C(N)C(C)O)C(=O)NC(CCSC)C(=O)O. The molecule has 0 aliphatic rings. The summed E-state index contributed by atoms with van der Waals surface area (Å²) in [5.41, 5.74) is 5.52. The van der Waals surface area contributed by atoms with E-state index in [-0.39, 0.29) is 6.42 Å². The maximum atomic E-state index is 12.8. The van der Waals surface area contributed by atoms with Crippen LogP contribution in [0, 0.1) is 5.92 Å². The molecule has 0 aliphatic heterocycles. The summed E-state index contributed by atoms with van der Waals surface area (Å²) < 4.78 is 0. The Hall–Kier alpha value is -2.38. The zero-order chi connectivity index (χ0) is 25.0. The van der Waals surface area contributed by atoms with Crippen molar-refractivity contribution in [3.63, 3.8) is 0 Å². The molecule has 0 radical (unpaired) electrons. The fourth-order valence-electron chi connectivity index (χ4n) is 2.58. The molecule has 6 atom stereocenters. The molecule has 0 heterocycles. The Balaban J connectivity index is 5.55. The molecule has 0 spiro atoms. The maximum absolute atomic E-state index is 12.8. The summed E-state index contributed by atoms with van der Waals surface area (Å²) in [6.07, 6.45) is 0.395. The Morgan fingerprint density at radius 3 is 1.94 bits per heavy atom. The molecule has 3 amide bonds. The van der Waals surface area contributed by atoms with E-state index in [0.29, 0.717) is 12.2 Å². The largest absolute Gasteiger partial charge is 0.481 e. The molecule has 13 heteroatoms. The third-order valence-corrected chi connectivity index (χ3v) is 5.50. The number of carboxylic acid groups (broad SMARTS) is 2. The number of aliphatic carboxylic acids is 2. The van der Waals surface area contributed by atoms with E-state index in [4.69, 9.17) is 10.8 Å². The second-order valence-corrected chi connectivity index (χ2v) is 8.46. The van der Waals surface area contributed by atoms with E-state index in [1.54, 1.807) is 20.1 Å². The van der Waals surface area contributed by atoms with Crippen LogP contribution in [0.3, 0.4) is 0 Å². The highest BCUT2D eigenvalue weighted by molar-refractivity contribution is 7.98. The van der Waals surface area contributed by atoms with Gasteiger partial charge in [-0.1, -0.05) is 20.3 Å². The van der Waals surface area contributed by atoms with Gasteiger partial charge in [0.25, 0.3) is 0 Å². The molecule has 0 bridgehead atoms. The third kappa shape index (κ3) is 10.3. The van der Waals surface area contributed by atoms with Crippen molar-refractivity contribution < 1.29 is 39.3 Å². The smallest absolute Gasteiger partial charge is 0.326 e. The topological polar surface area (TPSA) is 208 Å². The lowest BCUT2D eigenvalue weighted by atomic mass is 9.97. The van der Waals surface area contributed by atoms with Crippen LogP contribution in [0.25, 0.3) is 0 Å². The third-order valence-electron chi connectivity index (χ3n) is 4.85. The van der Waals surface area contributed by atoms with Crippen molar-refractivity contribution in [3.05, 3.63) is 0 Å². The highest BCUT2D eigenvalue weighted by atomic mass is 32.2. The average molecular weight is 479 g/mol. The van der Waals surface area contributed by atoms with Gasteiger partial charge in [0, 0.05) is 0 Å². The summed E-state index contributed by atoms with van der Waals surface area (Å²) in [6.45, 7) is 4.68. The van der Waals surface area contributed by atoms with E-state index in [2.05, 4.69) is 16.0 Å². The Labute approximate surface area is 191 Å². The summed E-state index contributed by atoms with van der Waals surface area (Å²) in [4.78, 5) is 60.2.